The molecule has 1 aliphatic heterocycles. The summed E-state index contributed by atoms with van der Waals surface area (Å²) in [7, 11) is 0. The van der Waals surface area contributed by atoms with Crippen LogP contribution in [-0.4, -0.2) is 22.6 Å². The van der Waals surface area contributed by atoms with E-state index in [0.29, 0.717) is 17.3 Å². The third kappa shape index (κ3) is 1.04. The summed E-state index contributed by atoms with van der Waals surface area (Å²) in [5, 5.41) is 4.43. The number of aromatic amines is 2. The summed E-state index contributed by atoms with van der Waals surface area (Å²) in [6.45, 7) is 0.476. The molecule has 0 saturated carbocycles. The van der Waals surface area contributed by atoms with Crippen LogP contribution in [0.25, 0.3) is 0 Å². The van der Waals surface area contributed by atoms with E-state index in [4.69, 9.17) is 4.74 Å². The Morgan fingerprint density at radius 2 is 2.00 bits per heavy atom. The molecule has 0 aliphatic carbocycles. The van der Waals surface area contributed by atoms with Gasteiger partial charge in [-0.15, -0.1) is 11.8 Å². The smallest absolute Gasteiger partial charge is 0.306 e. The van der Waals surface area contributed by atoms with Crippen LogP contribution in [0.2, 0.25) is 0 Å². The van der Waals surface area contributed by atoms with E-state index in [1.165, 1.54) is 11.8 Å². The molecule has 0 fully saturated rings. The monoisotopic (exact) mass is 186 g/mol. The lowest BCUT2D eigenvalue weighted by molar-refractivity contribution is 0.321. The maximum absolute atomic E-state index is 11.1. The van der Waals surface area contributed by atoms with Gasteiger partial charge in [0.05, 0.1) is 6.61 Å². The van der Waals surface area contributed by atoms with Gasteiger partial charge in [-0.25, -0.2) is 0 Å². The minimum absolute atomic E-state index is 0.148. The maximum atomic E-state index is 11.1. The lowest BCUT2D eigenvalue weighted by Crippen LogP contribution is -2.26. The van der Waals surface area contributed by atoms with Crippen molar-refractivity contribution in [1.29, 1.82) is 0 Å². The molecule has 2 rings (SSSR count). The molecule has 0 unspecified atom stereocenters. The zero-order chi connectivity index (χ0) is 8.55. The van der Waals surface area contributed by atoms with Crippen molar-refractivity contribution in [3.8, 4) is 5.75 Å². The minimum Gasteiger partial charge on any atom is -0.486 e. The predicted molar refractivity (Wildman–Crippen MR) is 43.9 cm³/mol. The van der Waals surface area contributed by atoms with Crippen LogP contribution in [0.1, 0.15) is 0 Å². The van der Waals surface area contributed by atoms with E-state index in [1.54, 1.807) is 0 Å². The van der Waals surface area contributed by atoms with Crippen molar-refractivity contribution in [1.82, 2.24) is 10.2 Å². The molecular weight excluding hydrogens is 180 g/mol. The number of ether oxygens (including phenoxy) is 1. The fourth-order valence-electron chi connectivity index (χ4n) is 0.983. The van der Waals surface area contributed by atoms with E-state index in [2.05, 4.69) is 10.2 Å². The Bertz CT molecular complexity index is 369. The summed E-state index contributed by atoms with van der Waals surface area (Å²) < 4.78 is 5.05. The first-order valence-corrected chi connectivity index (χ1v) is 4.38. The van der Waals surface area contributed by atoms with Crippen LogP contribution in [0.3, 0.4) is 0 Å². The fraction of sp³-hybridized carbons (Fsp3) is 0.333. The largest absolute Gasteiger partial charge is 0.486 e. The molecular formula is C6H6N2O3S. The third-order valence-electron chi connectivity index (χ3n) is 1.48. The van der Waals surface area contributed by atoms with Gasteiger partial charge in [0.2, 0.25) is 5.75 Å². The Morgan fingerprint density at radius 1 is 1.25 bits per heavy atom. The topological polar surface area (TPSA) is 75.0 Å². The summed E-state index contributed by atoms with van der Waals surface area (Å²) in [6.07, 6.45) is 0. The van der Waals surface area contributed by atoms with Gasteiger partial charge >= 0.3 is 5.56 Å². The van der Waals surface area contributed by atoms with Crippen molar-refractivity contribution in [2.24, 2.45) is 0 Å². The first kappa shape index (κ1) is 7.48. The number of aromatic nitrogens is 2. The second-order valence-corrected chi connectivity index (χ2v) is 3.37. The van der Waals surface area contributed by atoms with E-state index in [0.717, 1.165) is 0 Å². The van der Waals surface area contributed by atoms with Crippen molar-refractivity contribution in [2.75, 3.05) is 12.4 Å². The number of hydrogen-bond acceptors (Lipinski definition) is 4. The highest BCUT2D eigenvalue weighted by molar-refractivity contribution is 7.99. The van der Waals surface area contributed by atoms with Gasteiger partial charge in [0.1, 0.15) is 4.90 Å². The summed E-state index contributed by atoms with van der Waals surface area (Å²) in [5.41, 5.74) is -0.675. The number of thioether (sulfide) groups is 1. The molecule has 1 aromatic rings. The molecule has 0 radical (unpaired) electrons. The average molecular weight is 186 g/mol. The Hall–Kier alpha value is -1.17. The molecule has 6 heteroatoms. The minimum atomic E-state index is -0.378. The number of rotatable bonds is 0. The Labute approximate surface area is 71.1 Å². The Balaban J connectivity index is 2.73. The van der Waals surface area contributed by atoms with Crippen molar-refractivity contribution < 1.29 is 4.74 Å². The van der Waals surface area contributed by atoms with Gasteiger partial charge in [-0.3, -0.25) is 19.8 Å². The normalized spacial score (nSPS) is 15.0. The van der Waals surface area contributed by atoms with Crippen LogP contribution in [0.15, 0.2) is 14.5 Å². The van der Waals surface area contributed by atoms with Crippen molar-refractivity contribution >= 4 is 11.8 Å². The third-order valence-corrected chi connectivity index (χ3v) is 2.51. The first-order valence-electron chi connectivity index (χ1n) is 3.39. The van der Waals surface area contributed by atoms with Crippen molar-refractivity contribution in [3.05, 3.63) is 20.7 Å². The van der Waals surface area contributed by atoms with Gasteiger partial charge in [-0.1, -0.05) is 0 Å². The zero-order valence-corrected chi connectivity index (χ0v) is 6.86. The average Bonchev–Trinajstić information content (AvgIpc) is 2.12. The fourth-order valence-corrected chi connectivity index (χ4v) is 1.82. The molecule has 1 aliphatic rings. The van der Waals surface area contributed by atoms with Gasteiger partial charge in [0.15, 0.2) is 0 Å². The molecule has 1 aromatic heterocycles. The number of hydrogen-bond donors (Lipinski definition) is 2. The van der Waals surface area contributed by atoms with Gasteiger partial charge < -0.3 is 4.74 Å². The van der Waals surface area contributed by atoms with Gasteiger partial charge in [-0.2, -0.15) is 0 Å². The van der Waals surface area contributed by atoms with E-state index < -0.39 is 0 Å². The summed E-state index contributed by atoms with van der Waals surface area (Å²) >= 11 is 1.34. The molecule has 2 heterocycles. The van der Waals surface area contributed by atoms with Crippen LogP contribution < -0.4 is 15.9 Å². The second-order valence-electron chi connectivity index (χ2n) is 2.26. The number of nitrogens with one attached hydrogen (secondary N) is 2. The van der Waals surface area contributed by atoms with Crippen LogP contribution in [0.5, 0.6) is 5.75 Å². The van der Waals surface area contributed by atoms with E-state index in [9.17, 15) is 9.59 Å². The van der Waals surface area contributed by atoms with E-state index in [-0.39, 0.29) is 16.9 Å². The van der Waals surface area contributed by atoms with Crippen LogP contribution >= 0.6 is 11.8 Å². The van der Waals surface area contributed by atoms with Crippen molar-refractivity contribution in [2.45, 2.75) is 4.90 Å². The summed E-state index contributed by atoms with van der Waals surface area (Å²) in [5.74, 6) is 0.856. The molecule has 64 valence electrons. The van der Waals surface area contributed by atoms with Gasteiger partial charge in [0.25, 0.3) is 5.56 Å². The Morgan fingerprint density at radius 3 is 2.75 bits per heavy atom. The molecule has 0 aromatic carbocycles. The first-order chi connectivity index (χ1) is 5.79. The Kier molecular flexibility index (Phi) is 1.69. The SMILES string of the molecule is O=c1[nH][nH]c(=O)c2c1OCCS2. The highest BCUT2D eigenvalue weighted by atomic mass is 32.2. The van der Waals surface area contributed by atoms with Crippen LogP contribution in [0, 0.1) is 0 Å². The van der Waals surface area contributed by atoms with E-state index >= 15 is 0 Å². The molecule has 0 spiro atoms. The summed E-state index contributed by atoms with van der Waals surface area (Å²) in [6, 6.07) is 0. The standard InChI is InChI=1S/C6H6N2O3S/c9-5-3-4(6(10)8-7-5)12-2-1-11-3/h1-2H2,(H,7,9)(H,8,10). The van der Waals surface area contributed by atoms with Crippen molar-refractivity contribution in [3.63, 3.8) is 0 Å². The quantitative estimate of drug-likeness (QED) is 0.575. The molecule has 12 heavy (non-hydrogen) atoms. The predicted octanol–water partition coefficient (Wildman–Crippen LogP) is -0.452. The lowest BCUT2D eigenvalue weighted by atomic mass is 10.5. The number of H-pyrrole nitrogens is 2. The highest BCUT2D eigenvalue weighted by Gasteiger charge is 2.17. The van der Waals surface area contributed by atoms with Crippen LogP contribution in [0.4, 0.5) is 0 Å². The van der Waals surface area contributed by atoms with E-state index in [1.807, 2.05) is 0 Å². The second kappa shape index (κ2) is 2.71. The highest BCUT2D eigenvalue weighted by Crippen LogP contribution is 2.25. The van der Waals surface area contributed by atoms with Gasteiger partial charge in [0, 0.05) is 5.75 Å². The maximum Gasteiger partial charge on any atom is 0.306 e. The molecule has 0 bridgehead atoms. The van der Waals surface area contributed by atoms with Crippen LogP contribution in [-0.2, 0) is 0 Å². The molecule has 0 atom stereocenters. The lowest BCUT2D eigenvalue weighted by Gasteiger charge is -2.13. The molecule has 2 N–H and O–H groups in total. The molecule has 0 amide bonds. The number of fused-ring (bicyclic) bond motifs is 1. The summed E-state index contributed by atoms with van der Waals surface area (Å²) in [4.78, 5) is 22.5. The van der Waals surface area contributed by atoms with Gasteiger partial charge in [-0.05, 0) is 0 Å². The molecule has 0 saturated heterocycles. The zero-order valence-electron chi connectivity index (χ0n) is 6.05. The molecule has 5 nitrogen and oxygen atoms in total.